The first-order valence-corrected chi connectivity index (χ1v) is 8.05. The summed E-state index contributed by atoms with van der Waals surface area (Å²) in [5.74, 6) is -0.381. The first-order valence-electron chi connectivity index (χ1n) is 8.05. The largest absolute Gasteiger partial charge is 0.484 e. The molecule has 26 heavy (non-hydrogen) atoms. The van der Waals surface area contributed by atoms with Crippen LogP contribution in [-0.2, 0) is 17.4 Å². The number of carbonyl (C=O) groups is 1. The Bertz CT molecular complexity index is 903. The first-order chi connectivity index (χ1) is 12.4. The van der Waals surface area contributed by atoms with Gasteiger partial charge in [-0.1, -0.05) is 24.3 Å². The molecule has 0 atom stereocenters. The number of nitrogens with one attached hydrogen (secondary N) is 2. The molecule has 2 aromatic carbocycles. The molecule has 3 rings (SSSR count). The van der Waals surface area contributed by atoms with Gasteiger partial charge in [-0.05, 0) is 36.2 Å². The van der Waals surface area contributed by atoms with Crippen molar-refractivity contribution in [3.05, 3.63) is 65.9 Å². The summed E-state index contributed by atoms with van der Waals surface area (Å²) in [5.41, 5.74) is 1.30. The topological polar surface area (TPSA) is 54.1 Å². The number of rotatable bonds is 6. The van der Waals surface area contributed by atoms with Crippen molar-refractivity contribution in [2.45, 2.75) is 12.6 Å². The highest BCUT2D eigenvalue weighted by molar-refractivity contribution is 5.83. The number of para-hydroxylation sites is 1. The van der Waals surface area contributed by atoms with Gasteiger partial charge in [-0.3, -0.25) is 4.79 Å². The number of amides is 1. The Morgan fingerprint density at radius 2 is 1.92 bits per heavy atom. The summed E-state index contributed by atoms with van der Waals surface area (Å²) in [6.07, 6.45) is -1.91. The highest BCUT2D eigenvalue weighted by atomic mass is 19.4. The monoisotopic (exact) mass is 362 g/mol. The zero-order valence-electron chi connectivity index (χ0n) is 13.8. The molecule has 0 radical (unpaired) electrons. The van der Waals surface area contributed by atoms with Crippen LogP contribution < -0.4 is 10.1 Å². The fourth-order valence-corrected chi connectivity index (χ4v) is 2.64. The Kier molecular flexibility index (Phi) is 5.16. The van der Waals surface area contributed by atoms with Crippen molar-refractivity contribution in [2.75, 3.05) is 13.2 Å². The summed E-state index contributed by atoms with van der Waals surface area (Å²) in [4.78, 5) is 15.0. The maximum atomic E-state index is 12.6. The minimum Gasteiger partial charge on any atom is -0.484 e. The molecule has 0 bridgehead atoms. The van der Waals surface area contributed by atoms with Crippen molar-refractivity contribution in [3.8, 4) is 5.75 Å². The second-order valence-corrected chi connectivity index (χ2v) is 5.77. The van der Waals surface area contributed by atoms with Gasteiger partial charge in [-0.25, -0.2) is 0 Å². The molecule has 7 heteroatoms. The number of hydrogen-bond acceptors (Lipinski definition) is 2. The highest BCUT2D eigenvalue weighted by Crippen LogP contribution is 2.31. The number of aromatic amines is 1. The van der Waals surface area contributed by atoms with Gasteiger partial charge in [-0.15, -0.1) is 0 Å². The van der Waals surface area contributed by atoms with E-state index < -0.39 is 11.7 Å². The van der Waals surface area contributed by atoms with E-state index in [1.54, 1.807) is 0 Å². The van der Waals surface area contributed by atoms with Crippen molar-refractivity contribution in [3.63, 3.8) is 0 Å². The summed E-state index contributed by atoms with van der Waals surface area (Å²) in [6, 6.07) is 12.3. The Morgan fingerprint density at radius 3 is 2.73 bits per heavy atom. The van der Waals surface area contributed by atoms with Crippen LogP contribution in [0.2, 0.25) is 0 Å². The number of fused-ring (bicyclic) bond motifs is 1. The normalized spacial score (nSPS) is 11.5. The number of alkyl halides is 3. The van der Waals surface area contributed by atoms with Crippen molar-refractivity contribution in [2.24, 2.45) is 0 Å². The first kappa shape index (κ1) is 17.8. The van der Waals surface area contributed by atoms with Gasteiger partial charge in [0, 0.05) is 23.6 Å². The molecular formula is C19H17F3N2O2. The Labute approximate surface area is 148 Å². The lowest BCUT2D eigenvalue weighted by Crippen LogP contribution is -2.30. The van der Waals surface area contributed by atoms with Crippen LogP contribution in [0.5, 0.6) is 5.75 Å². The average molecular weight is 362 g/mol. The van der Waals surface area contributed by atoms with Gasteiger partial charge in [0.15, 0.2) is 6.61 Å². The second-order valence-electron chi connectivity index (χ2n) is 5.77. The van der Waals surface area contributed by atoms with E-state index in [0.29, 0.717) is 13.0 Å². The summed E-state index contributed by atoms with van der Waals surface area (Å²) in [6.45, 7) is 0.0713. The van der Waals surface area contributed by atoms with Crippen molar-refractivity contribution in [1.82, 2.24) is 10.3 Å². The van der Waals surface area contributed by atoms with Gasteiger partial charge >= 0.3 is 6.18 Å². The summed E-state index contributed by atoms with van der Waals surface area (Å²) < 4.78 is 43.1. The average Bonchev–Trinajstić information content (AvgIpc) is 3.03. The van der Waals surface area contributed by atoms with Crippen molar-refractivity contribution < 1.29 is 22.7 Å². The van der Waals surface area contributed by atoms with E-state index in [4.69, 9.17) is 4.74 Å². The second kappa shape index (κ2) is 7.51. The minimum atomic E-state index is -4.44. The van der Waals surface area contributed by atoms with Crippen LogP contribution in [-0.4, -0.2) is 24.0 Å². The van der Waals surface area contributed by atoms with Crippen LogP contribution >= 0.6 is 0 Å². The number of ether oxygens (including phenoxy) is 1. The predicted molar refractivity (Wildman–Crippen MR) is 92.0 cm³/mol. The van der Waals surface area contributed by atoms with E-state index >= 15 is 0 Å². The third-order valence-electron chi connectivity index (χ3n) is 3.92. The number of benzene rings is 2. The molecule has 3 aromatic rings. The summed E-state index contributed by atoms with van der Waals surface area (Å²) in [5, 5.41) is 3.80. The van der Waals surface area contributed by atoms with Crippen LogP contribution in [0.4, 0.5) is 13.2 Å². The third-order valence-corrected chi connectivity index (χ3v) is 3.92. The molecule has 0 aliphatic heterocycles. The third kappa shape index (κ3) is 4.36. The highest BCUT2D eigenvalue weighted by Gasteiger charge is 2.30. The molecule has 0 saturated carbocycles. The molecule has 0 saturated heterocycles. The molecule has 0 aliphatic carbocycles. The van der Waals surface area contributed by atoms with Gasteiger partial charge in [-0.2, -0.15) is 13.2 Å². The van der Waals surface area contributed by atoms with E-state index in [0.717, 1.165) is 28.6 Å². The lowest BCUT2D eigenvalue weighted by atomic mass is 10.1. The van der Waals surface area contributed by atoms with Crippen molar-refractivity contribution in [1.29, 1.82) is 0 Å². The fourth-order valence-electron chi connectivity index (χ4n) is 2.64. The Morgan fingerprint density at radius 1 is 1.12 bits per heavy atom. The van der Waals surface area contributed by atoms with E-state index in [2.05, 4.69) is 10.3 Å². The standard InChI is InChI=1S/C19H17F3N2O2/c20-19(21,22)14-4-3-5-15(10-14)26-12-18(25)23-9-8-13-11-24-17-7-2-1-6-16(13)17/h1-7,10-11,24H,8-9,12H2,(H,23,25). The zero-order valence-corrected chi connectivity index (χ0v) is 13.8. The van der Waals surface area contributed by atoms with E-state index in [9.17, 15) is 18.0 Å². The van der Waals surface area contributed by atoms with E-state index in [-0.39, 0.29) is 18.3 Å². The smallest absolute Gasteiger partial charge is 0.416 e. The molecule has 136 valence electrons. The maximum Gasteiger partial charge on any atom is 0.416 e. The van der Waals surface area contributed by atoms with Gasteiger partial charge in [0.25, 0.3) is 5.91 Å². The fraction of sp³-hybridized carbons (Fsp3) is 0.211. The van der Waals surface area contributed by atoms with Gasteiger partial charge in [0.05, 0.1) is 5.56 Å². The van der Waals surface area contributed by atoms with Crippen LogP contribution in [0.25, 0.3) is 10.9 Å². The van der Waals surface area contributed by atoms with Gasteiger partial charge in [0.2, 0.25) is 0 Å². The number of hydrogen-bond donors (Lipinski definition) is 2. The predicted octanol–water partition coefficient (Wildman–Crippen LogP) is 3.92. The molecule has 1 amide bonds. The molecule has 4 nitrogen and oxygen atoms in total. The lowest BCUT2D eigenvalue weighted by molar-refractivity contribution is -0.137. The Hall–Kier alpha value is -2.96. The maximum absolute atomic E-state index is 12.6. The molecular weight excluding hydrogens is 345 g/mol. The van der Waals surface area contributed by atoms with Crippen molar-refractivity contribution >= 4 is 16.8 Å². The number of H-pyrrole nitrogens is 1. The van der Waals surface area contributed by atoms with Crippen LogP contribution in [0, 0.1) is 0 Å². The van der Waals surface area contributed by atoms with Gasteiger partial charge < -0.3 is 15.0 Å². The number of halogens is 3. The molecule has 1 aromatic heterocycles. The lowest BCUT2D eigenvalue weighted by Gasteiger charge is -2.10. The van der Waals surface area contributed by atoms with E-state index in [1.165, 1.54) is 12.1 Å². The zero-order chi connectivity index (χ0) is 18.6. The van der Waals surface area contributed by atoms with Crippen LogP contribution in [0.3, 0.4) is 0 Å². The Balaban J connectivity index is 1.47. The summed E-state index contributed by atoms with van der Waals surface area (Å²) in [7, 11) is 0. The minimum absolute atomic E-state index is 0.00611. The number of aromatic nitrogens is 1. The summed E-state index contributed by atoms with van der Waals surface area (Å²) >= 11 is 0. The van der Waals surface area contributed by atoms with E-state index in [1.807, 2.05) is 30.5 Å². The molecule has 0 fully saturated rings. The van der Waals surface area contributed by atoms with Crippen LogP contribution in [0.15, 0.2) is 54.7 Å². The molecule has 0 unspecified atom stereocenters. The SMILES string of the molecule is O=C(COc1cccc(C(F)(F)F)c1)NCCc1c[nH]c2ccccc12. The quantitative estimate of drug-likeness (QED) is 0.698. The van der Waals surface area contributed by atoms with Crippen LogP contribution in [0.1, 0.15) is 11.1 Å². The number of carbonyl (C=O) groups excluding carboxylic acids is 1. The molecule has 1 heterocycles. The molecule has 0 aliphatic rings. The molecule has 2 N–H and O–H groups in total. The molecule has 0 spiro atoms. The van der Waals surface area contributed by atoms with Gasteiger partial charge in [0.1, 0.15) is 5.75 Å².